The summed E-state index contributed by atoms with van der Waals surface area (Å²) in [7, 11) is 0. The molecule has 1 heterocycles. The fourth-order valence-electron chi connectivity index (χ4n) is 3.21. The molecule has 1 fully saturated rings. The van der Waals surface area contributed by atoms with Crippen LogP contribution >= 0.6 is 0 Å². The number of nitrogens with zero attached hydrogens (tertiary/aromatic N) is 1. The van der Waals surface area contributed by atoms with Crippen LogP contribution in [-0.2, 0) is 0 Å². The van der Waals surface area contributed by atoms with Crippen LogP contribution in [0.1, 0.15) is 62.7 Å². The molecule has 4 heteroatoms. The van der Waals surface area contributed by atoms with E-state index >= 15 is 0 Å². The molecule has 0 amide bonds. The Bertz CT molecular complexity index is 495. The predicted molar refractivity (Wildman–Crippen MR) is 77.3 cm³/mol. The van der Waals surface area contributed by atoms with Crippen LogP contribution < -0.4 is 10.9 Å². The fraction of sp³-hybridized carbons (Fsp3) is 0.733. The second-order valence-electron chi connectivity index (χ2n) is 5.91. The summed E-state index contributed by atoms with van der Waals surface area (Å²) in [5.41, 5.74) is 1.61. The third-order valence-electron chi connectivity index (χ3n) is 4.27. The summed E-state index contributed by atoms with van der Waals surface area (Å²) in [4.78, 5) is 19.3. The van der Waals surface area contributed by atoms with Crippen LogP contribution in [0.4, 0.5) is 0 Å². The molecule has 2 N–H and O–H groups in total. The zero-order valence-electron chi connectivity index (χ0n) is 12.4. The molecule has 3 unspecified atom stereocenters. The molecule has 106 valence electrons. The molecule has 1 saturated carbocycles. The molecular formula is C15H25N3O. The lowest BCUT2D eigenvalue weighted by Gasteiger charge is -2.32. The zero-order chi connectivity index (χ0) is 14.0. The van der Waals surface area contributed by atoms with Crippen LogP contribution in [0.25, 0.3) is 0 Å². The minimum absolute atomic E-state index is 0.00605. The van der Waals surface area contributed by atoms with Crippen molar-refractivity contribution in [3.8, 4) is 0 Å². The lowest BCUT2D eigenvalue weighted by atomic mass is 9.85. The van der Waals surface area contributed by atoms with Gasteiger partial charge in [0, 0.05) is 17.8 Å². The molecule has 1 aliphatic carbocycles. The van der Waals surface area contributed by atoms with E-state index in [1.807, 2.05) is 13.8 Å². The number of aromatic nitrogens is 2. The van der Waals surface area contributed by atoms with Crippen molar-refractivity contribution in [1.82, 2.24) is 15.3 Å². The molecule has 0 aromatic carbocycles. The standard InChI is InChI=1S/C15H25N3O/c1-9-7-5-6-8-13(9)17-11(3)14-10(2)16-12(4)18-15(14)19/h9,11,13,17H,5-8H2,1-4H3,(H,16,18,19). The molecule has 3 atom stereocenters. The van der Waals surface area contributed by atoms with E-state index in [0.29, 0.717) is 17.8 Å². The van der Waals surface area contributed by atoms with Gasteiger partial charge in [0.15, 0.2) is 0 Å². The topological polar surface area (TPSA) is 57.8 Å². The Morgan fingerprint density at radius 2 is 2.00 bits per heavy atom. The van der Waals surface area contributed by atoms with Crippen LogP contribution in [0.15, 0.2) is 4.79 Å². The quantitative estimate of drug-likeness (QED) is 0.881. The van der Waals surface area contributed by atoms with Crippen molar-refractivity contribution < 1.29 is 0 Å². The Morgan fingerprint density at radius 1 is 1.32 bits per heavy atom. The van der Waals surface area contributed by atoms with Crippen LogP contribution in [0, 0.1) is 19.8 Å². The van der Waals surface area contributed by atoms with Crippen molar-refractivity contribution in [2.75, 3.05) is 0 Å². The van der Waals surface area contributed by atoms with E-state index in [4.69, 9.17) is 0 Å². The van der Waals surface area contributed by atoms with Gasteiger partial charge in [-0.3, -0.25) is 4.79 Å². The number of aromatic amines is 1. The predicted octanol–water partition coefficient (Wildman–Crippen LogP) is 2.62. The Kier molecular flexibility index (Phi) is 4.40. The van der Waals surface area contributed by atoms with Crippen molar-refractivity contribution in [3.63, 3.8) is 0 Å². The maximum Gasteiger partial charge on any atom is 0.255 e. The highest BCUT2D eigenvalue weighted by Gasteiger charge is 2.24. The van der Waals surface area contributed by atoms with Gasteiger partial charge in [0.2, 0.25) is 0 Å². The van der Waals surface area contributed by atoms with E-state index in [-0.39, 0.29) is 11.6 Å². The van der Waals surface area contributed by atoms with Gasteiger partial charge in [0.05, 0.1) is 5.56 Å². The van der Waals surface area contributed by atoms with Gasteiger partial charge in [-0.05, 0) is 39.5 Å². The number of rotatable bonds is 3. The van der Waals surface area contributed by atoms with E-state index in [2.05, 4.69) is 29.1 Å². The molecule has 1 aliphatic rings. The summed E-state index contributed by atoms with van der Waals surface area (Å²) < 4.78 is 0. The summed E-state index contributed by atoms with van der Waals surface area (Å²) in [6, 6.07) is 0.575. The van der Waals surface area contributed by atoms with E-state index in [0.717, 1.165) is 11.3 Å². The van der Waals surface area contributed by atoms with Crippen molar-refractivity contribution in [2.24, 2.45) is 5.92 Å². The fourth-order valence-corrected chi connectivity index (χ4v) is 3.21. The second kappa shape index (κ2) is 5.87. The third kappa shape index (κ3) is 3.24. The number of nitrogens with one attached hydrogen (secondary N) is 2. The van der Waals surface area contributed by atoms with Crippen molar-refractivity contribution in [2.45, 2.75) is 65.5 Å². The van der Waals surface area contributed by atoms with Gasteiger partial charge in [-0.25, -0.2) is 4.98 Å². The Labute approximate surface area is 115 Å². The maximum atomic E-state index is 12.1. The average Bonchev–Trinajstić information content (AvgIpc) is 2.30. The van der Waals surface area contributed by atoms with Gasteiger partial charge >= 0.3 is 0 Å². The normalized spacial score (nSPS) is 25.3. The minimum Gasteiger partial charge on any atom is -0.310 e. The smallest absolute Gasteiger partial charge is 0.255 e. The van der Waals surface area contributed by atoms with E-state index in [1.165, 1.54) is 25.7 Å². The molecule has 2 rings (SSSR count). The van der Waals surface area contributed by atoms with Crippen molar-refractivity contribution in [3.05, 3.63) is 27.4 Å². The van der Waals surface area contributed by atoms with E-state index in [1.54, 1.807) is 0 Å². The van der Waals surface area contributed by atoms with Gasteiger partial charge in [-0.1, -0.05) is 19.8 Å². The third-order valence-corrected chi connectivity index (χ3v) is 4.27. The molecule has 19 heavy (non-hydrogen) atoms. The van der Waals surface area contributed by atoms with Crippen LogP contribution in [-0.4, -0.2) is 16.0 Å². The first kappa shape index (κ1) is 14.3. The first-order valence-corrected chi connectivity index (χ1v) is 7.32. The van der Waals surface area contributed by atoms with E-state index in [9.17, 15) is 4.79 Å². The molecule has 0 radical (unpaired) electrons. The minimum atomic E-state index is -0.00605. The highest BCUT2D eigenvalue weighted by atomic mass is 16.1. The lowest BCUT2D eigenvalue weighted by molar-refractivity contribution is 0.262. The Balaban J connectivity index is 2.16. The van der Waals surface area contributed by atoms with Crippen LogP contribution in [0.2, 0.25) is 0 Å². The molecule has 0 saturated heterocycles. The SMILES string of the molecule is Cc1nc(C)c(C(C)NC2CCCCC2C)c(=O)[nH]1. The summed E-state index contributed by atoms with van der Waals surface area (Å²) in [5, 5.41) is 3.63. The van der Waals surface area contributed by atoms with E-state index < -0.39 is 0 Å². The summed E-state index contributed by atoms with van der Waals surface area (Å²) in [6.07, 6.45) is 5.11. The molecule has 0 spiro atoms. The van der Waals surface area contributed by atoms with Gasteiger partial charge < -0.3 is 10.3 Å². The number of hydrogen-bond donors (Lipinski definition) is 2. The van der Waals surface area contributed by atoms with Crippen molar-refractivity contribution in [1.29, 1.82) is 0 Å². The molecular weight excluding hydrogens is 238 g/mol. The van der Waals surface area contributed by atoms with Crippen LogP contribution in [0.3, 0.4) is 0 Å². The molecule has 0 bridgehead atoms. The average molecular weight is 263 g/mol. The second-order valence-corrected chi connectivity index (χ2v) is 5.91. The van der Waals surface area contributed by atoms with Gasteiger partial charge in [0.1, 0.15) is 5.82 Å². The Hall–Kier alpha value is -1.16. The molecule has 0 aliphatic heterocycles. The van der Waals surface area contributed by atoms with Gasteiger partial charge in [-0.15, -0.1) is 0 Å². The Morgan fingerprint density at radius 3 is 2.63 bits per heavy atom. The largest absolute Gasteiger partial charge is 0.310 e. The lowest BCUT2D eigenvalue weighted by Crippen LogP contribution is -2.40. The maximum absolute atomic E-state index is 12.1. The monoisotopic (exact) mass is 263 g/mol. The van der Waals surface area contributed by atoms with Crippen molar-refractivity contribution >= 4 is 0 Å². The molecule has 1 aromatic heterocycles. The zero-order valence-corrected chi connectivity index (χ0v) is 12.4. The van der Waals surface area contributed by atoms with Crippen LogP contribution in [0.5, 0.6) is 0 Å². The number of hydrogen-bond acceptors (Lipinski definition) is 3. The summed E-state index contributed by atoms with van der Waals surface area (Å²) in [5.74, 6) is 1.37. The number of aryl methyl sites for hydroxylation is 2. The first-order chi connectivity index (χ1) is 8.99. The molecule has 1 aromatic rings. The first-order valence-electron chi connectivity index (χ1n) is 7.32. The highest BCUT2D eigenvalue weighted by molar-refractivity contribution is 5.20. The highest BCUT2D eigenvalue weighted by Crippen LogP contribution is 2.26. The van der Waals surface area contributed by atoms with Gasteiger partial charge in [0.25, 0.3) is 5.56 Å². The summed E-state index contributed by atoms with van der Waals surface area (Å²) in [6.45, 7) is 8.10. The number of H-pyrrole nitrogens is 1. The summed E-state index contributed by atoms with van der Waals surface area (Å²) >= 11 is 0. The van der Waals surface area contributed by atoms with Gasteiger partial charge in [-0.2, -0.15) is 0 Å². The molecule has 4 nitrogen and oxygen atoms in total.